The van der Waals surface area contributed by atoms with Crippen LogP contribution in [0.15, 0.2) is 24.3 Å². The number of hydrogen-bond donors (Lipinski definition) is 1. The first-order valence-corrected chi connectivity index (χ1v) is 7.13. The third kappa shape index (κ3) is 4.55. The van der Waals surface area contributed by atoms with Crippen molar-refractivity contribution < 1.29 is 9.53 Å². The van der Waals surface area contributed by atoms with Crippen molar-refractivity contribution in [2.45, 2.75) is 59.5 Å². The highest BCUT2D eigenvalue weighted by molar-refractivity contribution is 5.84. The molecule has 0 bridgehead atoms. The number of amides is 1. The third-order valence-electron chi connectivity index (χ3n) is 3.72. The number of carbonyl (C=O) groups excluding carboxylic acids is 1. The normalized spacial score (nSPS) is 12.4. The monoisotopic (exact) mass is 277 g/mol. The van der Waals surface area contributed by atoms with Crippen LogP contribution >= 0.6 is 0 Å². The Kier molecular flexibility index (Phi) is 4.85. The topological polar surface area (TPSA) is 38.3 Å². The largest absolute Gasteiger partial charge is 0.444 e. The minimum atomic E-state index is -0.482. The molecule has 20 heavy (non-hydrogen) atoms. The van der Waals surface area contributed by atoms with Crippen LogP contribution in [0.5, 0.6) is 0 Å². The number of anilines is 1. The fourth-order valence-corrected chi connectivity index (χ4v) is 1.74. The molecule has 1 aromatic rings. The van der Waals surface area contributed by atoms with Gasteiger partial charge in [-0.2, -0.15) is 0 Å². The van der Waals surface area contributed by atoms with E-state index in [1.54, 1.807) is 0 Å². The van der Waals surface area contributed by atoms with Gasteiger partial charge in [0.2, 0.25) is 0 Å². The summed E-state index contributed by atoms with van der Waals surface area (Å²) in [6.07, 6.45) is -0.423. The van der Waals surface area contributed by atoms with Gasteiger partial charge < -0.3 is 4.74 Å². The zero-order valence-electron chi connectivity index (χ0n) is 13.7. The SMILES string of the molecule is CC(C)C(C)(C)c1ccc(NC(=O)OC(C)(C)C)cc1. The van der Waals surface area contributed by atoms with Crippen molar-refractivity contribution >= 4 is 11.8 Å². The molecule has 0 spiro atoms. The first kappa shape index (κ1) is 16.5. The number of carbonyl (C=O) groups is 1. The molecule has 0 saturated carbocycles. The minimum absolute atomic E-state index is 0.116. The van der Waals surface area contributed by atoms with Crippen molar-refractivity contribution in [1.82, 2.24) is 0 Å². The second-order valence-electron chi connectivity index (χ2n) is 7.08. The van der Waals surface area contributed by atoms with Crippen LogP contribution < -0.4 is 5.32 Å². The summed E-state index contributed by atoms with van der Waals surface area (Å²) in [5.41, 5.74) is 1.65. The van der Waals surface area contributed by atoms with E-state index in [2.05, 4.69) is 45.1 Å². The van der Waals surface area contributed by atoms with Gasteiger partial charge in [-0.25, -0.2) is 4.79 Å². The Morgan fingerprint density at radius 3 is 1.95 bits per heavy atom. The van der Waals surface area contributed by atoms with Crippen LogP contribution in [0, 0.1) is 5.92 Å². The smallest absolute Gasteiger partial charge is 0.412 e. The highest BCUT2D eigenvalue weighted by Gasteiger charge is 2.24. The van der Waals surface area contributed by atoms with Crippen LogP contribution in [-0.2, 0) is 10.2 Å². The van der Waals surface area contributed by atoms with Gasteiger partial charge in [-0.3, -0.25) is 5.32 Å². The zero-order valence-corrected chi connectivity index (χ0v) is 13.7. The van der Waals surface area contributed by atoms with E-state index < -0.39 is 11.7 Å². The lowest BCUT2D eigenvalue weighted by Crippen LogP contribution is -2.27. The summed E-state index contributed by atoms with van der Waals surface area (Å²) in [5, 5.41) is 2.75. The van der Waals surface area contributed by atoms with Crippen LogP contribution in [0.2, 0.25) is 0 Å². The predicted molar refractivity (Wildman–Crippen MR) is 84.2 cm³/mol. The number of rotatable bonds is 3. The standard InChI is InChI=1S/C17H27NO2/c1-12(2)17(6,7)13-8-10-14(11-9-13)18-15(19)20-16(3,4)5/h8-12H,1-7H3,(H,18,19). The van der Waals surface area contributed by atoms with Gasteiger partial charge in [0.15, 0.2) is 0 Å². The molecule has 3 nitrogen and oxygen atoms in total. The van der Waals surface area contributed by atoms with Crippen LogP contribution in [0.4, 0.5) is 10.5 Å². The van der Waals surface area contributed by atoms with Gasteiger partial charge >= 0.3 is 6.09 Å². The average Bonchev–Trinajstić information content (AvgIpc) is 2.26. The van der Waals surface area contributed by atoms with Gasteiger partial charge in [0.25, 0.3) is 0 Å². The summed E-state index contributed by atoms with van der Waals surface area (Å²) in [4.78, 5) is 11.7. The van der Waals surface area contributed by atoms with Crippen molar-refractivity contribution in [3.05, 3.63) is 29.8 Å². The molecule has 0 heterocycles. The number of hydrogen-bond acceptors (Lipinski definition) is 2. The first-order valence-electron chi connectivity index (χ1n) is 7.13. The van der Waals surface area contributed by atoms with E-state index in [-0.39, 0.29) is 5.41 Å². The van der Waals surface area contributed by atoms with Crippen molar-refractivity contribution in [3.63, 3.8) is 0 Å². The maximum Gasteiger partial charge on any atom is 0.412 e. The van der Waals surface area contributed by atoms with E-state index >= 15 is 0 Å². The fourth-order valence-electron chi connectivity index (χ4n) is 1.74. The minimum Gasteiger partial charge on any atom is -0.444 e. The molecule has 1 N–H and O–H groups in total. The number of nitrogens with one attached hydrogen (secondary N) is 1. The molecule has 0 atom stereocenters. The maximum atomic E-state index is 11.7. The second-order valence-corrected chi connectivity index (χ2v) is 7.08. The number of ether oxygens (including phenoxy) is 1. The van der Waals surface area contributed by atoms with E-state index in [9.17, 15) is 4.79 Å². The summed E-state index contributed by atoms with van der Waals surface area (Å²) >= 11 is 0. The molecule has 1 amide bonds. The molecule has 0 aliphatic carbocycles. The molecule has 0 aliphatic rings. The van der Waals surface area contributed by atoms with Gasteiger partial charge in [-0.15, -0.1) is 0 Å². The molecule has 0 aliphatic heterocycles. The zero-order chi connectivity index (χ0) is 15.6. The number of benzene rings is 1. The maximum absolute atomic E-state index is 11.7. The van der Waals surface area contributed by atoms with E-state index in [0.717, 1.165) is 5.69 Å². The third-order valence-corrected chi connectivity index (χ3v) is 3.72. The van der Waals surface area contributed by atoms with E-state index in [4.69, 9.17) is 4.74 Å². The lowest BCUT2D eigenvalue weighted by Gasteiger charge is -2.30. The summed E-state index contributed by atoms with van der Waals surface area (Å²) < 4.78 is 5.23. The second kappa shape index (κ2) is 5.86. The van der Waals surface area contributed by atoms with E-state index in [0.29, 0.717) is 5.92 Å². The van der Waals surface area contributed by atoms with Crippen molar-refractivity contribution in [2.24, 2.45) is 5.92 Å². The van der Waals surface area contributed by atoms with Gasteiger partial charge in [0.1, 0.15) is 5.60 Å². The average molecular weight is 277 g/mol. The quantitative estimate of drug-likeness (QED) is 0.847. The Balaban J connectivity index is 2.75. The first-order chi connectivity index (χ1) is 9.02. The Hall–Kier alpha value is -1.51. The molecule has 3 heteroatoms. The van der Waals surface area contributed by atoms with E-state index in [1.807, 2.05) is 32.9 Å². The van der Waals surface area contributed by atoms with Gasteiger partial charge in [-0.05, 0) is 49.8 Å². The Morgan fingerprint density at radius 1 is 1.05 bits per heavy atom. The molecular formula is C17H27NO2. The van der Waals surface area contributed by atoms with Crippen LogP contribution in [-0.4, -0.2) is 11.7 Å². The van der Waals surface area contributed by atoms with Gasteiger partial charge in [0, 0.05) is 5.69 Å². The molecule has 0 saturated heterocycles. The summed E-state index contributed by atoms with van der Waals surface area (Å²) in [7, 11) is 0. The Labute approximate surface area is 122 Å². The van der Waals surface area contributed by atoms with Crippen LogP contribution in [0.1, 0.15) is 54.0 Å². The highest BCUT2D eigenvalue weighted by atomic mass is 16.6. The molecule has 0 radical (unpaired) electrons. The predicted octanol–water partition coefficient (Wildman–Crippen LogP) is 4.97. The lowest BCUT2D eigenvalue weighted by molar-refractivity contribution is 0.0636. The lowest BCUT2D eigenvalue weighted by atomic mass is 9.75. The van der Waals surface area contributed by atoms with Crippen molar-refractivity contribution in [3.8, 4) is 0 Å². The highest BCUT2D eigenvalue weighted by Crippen LogP contribution is 2.31. The Bertz CT molecular complexity index is 453. The van der Waals surface area contributed by atoms with Crippen molar-refractivity contribution in [2.75, 3.05) is 5.32 Å². The molecule has 0 fully saturated rings. The van der Waals surface area contributed by atoms with Gasteiger partial charge in [-0.1, -0.05) is 39.8 Å². The van der Waals surface area contributed by atoms with Crippen molar-refractivity contribution in [1.29, 1.82) is 0 Å². The molecule has 1 rings (SSSR count). The summed E-state index contributed by atoms with van der Waals surface area (Å²) in [6.45, 7) is 14.4. The van der Waals surface area contributed by atoms with Crippen LogP contribution in [0.25, 0.3) is 0 Å². The van der Waals surface area contributed by atoms with Gasteiger partial charge in [0.05, 0.1) is 0 Å². The molecule has 112 valence electrons. The molecule has 1 aromatic carbocycles. The molecular weight excluding hydrogens is 250 g/mol. The van der Waals surface area contributed by atoms with E-state index in [1.165, 1.54) is 5.56 Å². The Morgan fingerprint density at radius 2 is 1.55 bits per heavy atom. The van der Waals surface area contributed by atoms with Crippen LogP contribution in [0.3, 0.4) is 0 Å². The molecule has 0 unspecified atom stereocenters. The summed E-state index contributed by atoms with van der Waals surface area (Å²) in [5.74, 6) is 0.548. The summed E-state index contributed by atoms with van der Waals surface area (Å²) in [6, 6.07) is 7.96. The fraction of sp³-hybridized carbons (Fsp3) is 0.588. The molecule has 0 aromatic heterocycles.